The van der Waals surface area contributed by atoms with Gasteiger partial charge in [0, 0.05) is 58.6 Å². The second-order valence-electron chi connectivity index (χ2n) is 10.9. The van der Waals surface area contributed by atoms with Crippen molar-refractivity contribution in [2.24, 2.45) is 5.73 Å². The van der Waals surface area contributed by atoms with E-state index < -0.39 is 42.5 Å². The van der Waals surface area contributed by atoms with Crippen LogP contribution in [0.25, 0.3) is 21.6 Å². The van der Waals surface area contributed by atoms with E-state index in [0.29, 0.717) is 46.7 Å². The molecule has 2 aliphatic carbocycles. The van der Waals surface area contributed by atoms with Gasteiger partial charge in [-0.1, -0.05) is 6.07 Å². The number of benzene rings is 1. The van der Waals surface area contributed by atoms with Crippen LogP contribution in [-0.4, -0.2) is 54.5 Å². The van der Waals surface area contributed by atoms with Crippen LogP contribution >= 0.6 is 0 Å². The predicted molar refractivity (Wildman–Crippen MR) is 138 cm³/mol. The van der Waals surface area contributed by atoms with Crippen molar-refractivity contribution in [2.45, 2.75) is 55.8 Å². The molecule has 3 aliphatic rings. The summed E-state index contributed by atoms with van der Waals surface area (Å²) in [4.78, 5) is 31.5. The Kier molecular flexibility index (Phi) is 4.40. The number of fused-ring (bicyclic) bond motifs is 9. The Hall–Kier alpha value is -4.50. The van der Waals surface area contributed by atoms with Crippen molar-refractivity contribution in [1.82, 2.24) is 29.5 Å². The number of aromatic nitrogens is 5. The summed E-state index contributed by atoms with van der Waals surface area (Å²) in [6.07, 6.45) is 5.69. The molecule has 202 valence electrons. The summed E-state index contributed by atoms with van der Waals surface area (Å²) in [6, 6.07) is 4.99. The highest BCUT2D eigenvalue weighted by Gasteiger charge is 2.58. The van der Waals surface area contributed by atoms with Crippen molar-refractivity contribution in [3.8, 4) is 17.0 Å². The molecule has 1 aromatic carbocycles. The first kappa shape index (κ1) is 21.3. The molecule has 4 aromatic rings. The molecular formula is C28H24F2N8O2. The van der Waals surface area contributed by atoms with Crippen LogP contribution in [0.5, 0.6) is 5.75 Å². The molecule has 7 rings (SSSR count). The molecule has 1 saturated carbocycles. The van der Waals surface area contributed by atoms with Gasteiger partial charge in [0.2, 0.25) is 5.54 Å². The molecule has 1 aliphatic heterocycles. The Morgan fingerprint density at radius 2 is 2.02 bits per heavy atom. The summed E-state index contributed by atoms with van der Waals surface area (Å²) in [5, 5.41) is 4.61. The number of nitrogens with two attached hydrogens (primary N) is 1. The van der Waals surface area contributed by atoms with E-state index in [1.165, 1.54) is 29.0 Å². The Morgan fingerprint density at radius 1 is 1.25 bits per heavy atom. The van der Waals surface area contributed by atoms with Gasteiger partial charge in [-0.2, -0.15) is 13.9 Å². The zero-order valence-electron chi connectivity index (χ0n) is 24.2. The lowest BCUT2D eigenvalue weighted by atomic mass is 9.64. The second kappa shape index (κ2) is 8.25. The minimum atomic E-state index is -3.15. The third kappa shape index (κ3) is 3.43. The highest BCUT2D eigenvalue weighted by Crippen LogP contribution is 2.53. The summed E-state index contributed by atoms with van der Waals surface area (Å²) >= 11 is 0. The van der Waals surface area contributed by atoms with Crippen LogP contribution in [0.2, 0.25) is 0 Å². The number of rotatable bonds is 4. The first-order valence-corrected chi connectivity index (χ1v) is 12.6. The van der Waals surface area contributed by atoms with Gasteiger partial charge in [-0.05, 0) is 24.6 Å². The standard InChI is InChI=1S/C28H24F2N8O2/c1-27(32-2)11-28(31,12-27)25-33-9-14(10-34-25)17-8-18-22-16-7-19(23(22)36-38(18)13-35-17)37(3)24(39)15-5-4-6-20(21(15)16)40-26(29)30/h4-6,8-10,13,16,19,26H,7,11-12,31H2,1,3H3/t16-,19-,27?,28?/m1/s1/i3D3. The topological polar surface area (TPSA) is 116 Å². The fourth-order valence-electron chi connectivity index (χ4n) is 6.52. The van der Waals surface area contributed by atoms with E-state index in [4.69, 9.17) is 21.2 Å². The van der Waals surface area contributed by atoms with Gasteiger partial charge in [-0.15, -0.1) is 0 Å². The fraction of sp³-hybridized carbons (Fsp3) is 0.357. The highest BCUT2D eigenvalue weighted by molar-refractivity contribution is 5.98. The number of nitrogens with zero attached hydrogens (tertiary/aromatic N) is 7. The first-order chi connectivity index (χ1) is 20.3. The SMILES string of the molecule is [2H]C([2H])([2H])N1C(=O)c2cccc(OC(F)F)c2[C@H]2C[C@@H]1c1nn3cnc(-c4cnc(C5(N)CC(C)([N+]#[C-])C5)nc4)cc3c12. The number of ether oxygens (including phenoxy) is 1. The number of carbonyl (C=O) groups excluding carboxylic acids is 1. The molecule has 2 atom stereocenters. The summed E-state index contributed by atoms with van der Waals surface area (Å²) in [6.45, 7) is 3.25. The molecule has 0 radical (unpaired) electrons. The average Bonchev–Trinajstić information content (AvgIpc) is 3.44. The third-order valence-electron chi connectivity index (χ3n) is 8.16. The molecule has 1 amide bonds. The van der Waals surface area contributed by atoms with Crippen molar-refractivity contribution in [3.05, 3.63) is 82.6 Å². The van der Waals surface area contributed by atoms with Gasteiger partial charge in [0.1, 0.15) is 17.9 Å². The second-order valence-corrected chi connectivity index (χ2v) is 10.9. The smallest absolute Gasteiger partial charge is 0.387 e. The van der Waals surface area contributed by atoms with E-state index in [0.717, 1.165) is 4.90 Å². The van der Waals surface area contributed by atoms with Gasteiger partial charge in [-0.25, -0.2) is 26.0 Å². The third-order valence-corrected chi connectivity index (χ3v) is 8.16. The van der Waals surface area contributed by atoms with Crippen LogP contribution in [0.1, 0.15) is 75.3 Å². The maximum Gasteiger partial charge on any atom is 0.387 e. The lowest BCUT2D eigenvalue weighted by Crippen LogP contribution is -2.57. The van der Waals surface area contributed by atoms with E-state index in [-0.39, 0.29) is 23.3 Å². The van der Waals surface area contributed by atoms with E-state index in [2.05, 4.69) is 24.9 Å². The van der Waals surface area contributed by atoms with Crippen LogP contribution in [0.4, 0.5) is 8.78 Å². The quantitative estimate of drug-likeness (QED) is 0.384. The Bertz CT molecular complexity index is 1850. The van der Waals surface area contributed by atoms with Crippen LogP contribution in [0.3, 0.4) is 0 Å². The van der Waals surface area contributed by atoms with E-state index in [1.54, 1.807) is 18.5 Å². The van der Waals surface area contributed by atoms with Gasteiger partial charge in [0.15, 0.2) is 0 Å². The van der Waals surface area contributed by atoms with E-state index in [9.17, 15) is 13.6 Å². The number of carbonyl (C=O) groups is 1. The van der Waals surface area contributed by atoms with Gasteiger partial charge in [0.25, 0.3) is 5.91 Å². The summed E-state index contributed by atoms with van der Waals surface area (Å²) in [5.41, 5.74) is 7.94. The van der Waals surface area contributed by atoms with Crippen LogP contribution in [0.15, 0.2) is 43.0 Å². The largest absolute Gasteiger partial charge is 0.434 e. The van der Waals surface area contributed by atoms with Gasteiger partial charge in [0.05, 0.1) is 41.3 Å². The summed E-state index contributed by atoms with van der Waals surface area (Å²) in [5.74, 6) is -1.21. The minimum absolute atomic E-state index is 0.00827. The molecule has 3 aromatic heterocycles. The van der Waals surface area contributed by atoms with Crippen molar-refractivity contribution < 1.29 is 22.4 Å². The van der Waals surface area contributed by atoms with Crippen molar-refractivity contribution in [3.63, 3.8) is 0 Å². The van der Waals surface area contributed by atoms with Crippen molar-refractivity contribution >= 4 is 11.4 Å². The van der Waals surface area contributed by atoms with Crippen LogP contribution in [-0.2, 0) is 5.54 Å². The Morgan fingerprint density at radius 3 is 2.73 bits per heavy atom. The Balaban J connectivity index is 1.34. The first-order valence-electron chi connectivity index (χ1n) is 14.1. The van der Waals surface area contributed by atoms with Crippen molar-refractivity contribution in [1.29, 1.82) is 0 Å². The number of halogens is 2. The number of hydrogen-bond donors (Lipinski definition) is 1. The number of alkyl halides is 2. The minimum Gasteiger partial charge on any atom is -0.434 e. The lowest BCUT2D eigenvalue weighted by molar-refractivity contribution is -0.0505. The van der Waals surface area contributed by atoms with Gasteiger partial charge < -0.3 is 20.2 Å². The molecule has 40 heavy (non-hydrogen) atoms. The predicted octanol–water partition coefficient (Wildman–Crippen LogP) is 4.08. The normalized spacial score (nSPS) is 28.1. The fourth-order valence-corrected chi connectivity index (χ4v) is 6.52. The van der Waals surface area contributed by atoms with Gasteiger partial charge >= 0.3 is 6.61 Å². The van der Waals surface area contributed by atoms with E-state index >= 15 is 0 Å². The highest BCUT2D eigenvalue weighted by atomic mass is 19.3. The number of amides is 1. The van der Waals surface area contributed by atoms with Crippen LogP contribution < -0.4 is 10.5 Å². The molecular weight excluding hydrogens is 518 g/mol. The molecule has 10 nitrogen and oxygen atoms in total. The molecule has 0 saturated heterocycles. The number of hydrogen-bond acceptors (Lipinski definition) is 7. The summed E-state index contributed by atoms with van der Waals surface area (Å²) < 4.78 is 57.7. The van der Waals surface area contributed by atoms with Gasteiger partial charge in [-0.3, -0.25) is 4.79 Å². The molecule has 4 heterocycles. The van der Waals surface area contributed by atoms with E-state index in [1.807, 2.05) is 6.92 Å². The summed E-state index contributed by atoms with van der Waals surface area (Å²) in [7, 11) is 0. The Labute approximate surface area is 231 Å². The molecule has 0 spiro atoms. The lowest BCUT2D eigenvalue weighted by Gasteiger charge is -2.43. The van der Waals surface area contributed by atoms with Crippen LogP contribution in [0, 0.1) is 6.57 Å². The zero-order chi connectivity index (χ0) is 30.5. The van der Waals surface area contributed by atoms with Crippen molar-refractivity contribution in [2.75, 3.05) is 6.98 Å². The molecule has 0 unspecified atom stereocenters. The maximum atomic E-state index is 13.6. The average molecular weight is 546 g/mol. The molecule has 1 fully saturated rings. The zero-order valence-corrected chi connectivity index (χ0v) is 21.2. The maximum absolute atomic E-state index is 13.6. The molecule has 2 bridgehead atoms. The molecule has 12 heteroatoms. The monoisotopic (exact) mass is 545 g/mol. The molecule has 2 N–H and O–H groups in total.